The fraction of sp³-hybridized carbons (Fsp3) is 0.0357. The molecule has 7 rings (SSSR count). The van der Waals surface area contributed by atoms with Crippen LogP contribution in [0.2, 0.25) is 0 Å². The lowest BCUT2D eigenvalue weighted by molar-refractivity contribution is 0.949. The quantitative estimate of drug-likeness (QED) is 0.317. The Balaban J connectivity index is 1.59. The molecular formula is C28H19N5S. The zero-order chi connectivity index (χ0) is 22.5. The van der Waals surface area contributed by atoms with E-state index in [9.17, 15) is 0 Å². The molecule has 4 aromatic carbocycles. The van der Waals surface area contributed by atoms with Crippen molar-refractivity contribution in [1.29, 1.82) is 0 Å². The first-order valence-electron chi connectivity index (χ1n) is 11.2. The molecule has 5 nitrogen and oxygen atoms in total. The van der Waals surface area contributed by atoms with Crippen LogP contribution in [0.25, 0.3) is 50.5 Å². The first kappa shape index (κ1) is 19.3. The number of rotatable bonds is 3. The average molecular weight is 458 g/mol. The van der Waals surface area contributed by atoms with Gasteiger partial charge >= 0.3 is 0 Å². The van der Waals surface area contributed by atoms with E-state index in [1.807, 2.05) is 72.4 Å². The second kappa shape index (κ2) is 7.71. The lowest BCUT2D eigenvalue weighted by Crippen LogP contribution is -2.06. The van der Waals surface area contributed by atoms with E-state index >= 15 is 0 Å². The number of nitrogens with zero attached hydrogens (tertiary/aromatic N) is 4. The summed E-state index contributed by atoms with van der Waals surface area (Å²) in [5, 5.41) is 5.88. The molecule has 162 valence electrons. The van der Waals surface area contributed by atoms with Crippen molar-refractivity contribution < 1.29 is 0 Å². The number of hydrogen-bond acceptors (Lipinski definition) is 5. The van der Waals surface area contributed by atoms with E-state index in [0.717, 1.165) is 33.7 Å². The highest BCUT2D eigenvalue weighted by molar-refractivity contribution is 8.00. The predicted molar refractivity (Wildman–Crippen MR) is 139 cm³/mol. The maximum absolute atomic E-state index is 5.01. The Morgan fingerprint density at radius 1 is 0.647 bits per heavy atom. The summed E-state index contributed by atoms with van der Waals surface area (Å²) in [5.41, 5.74) is 5.30. The van der Waals surface area contributed by atoms with Crippen LogP contribution in [0.15, 0.2) is 102 Å². The Morgan fingerprint density at radius 3 is 2.00 bits per heavy atom. The van der Waals surface area contributed by atoms with E-state index in [-0.39, 0.29) is 0 Å². The zero-order valence-electron chi connectivity index (χ0n) is 18.1. The number of aromatic nitrogens is 4. The summed E-state index contributed by atoms with van der Waals surface area (Å²) in [7, 11) is 0. The molecule has 0 radical (unpaired) electrons. The molecule has 0 aliphatic carbocycles. The summed E-state index contributed by atoms with van der Waals surface area (Å²) in [6.07, 6.45) is 0. The summed E-state index contributed by atoms with van der Waals surface area (Å²) in [6.45, 7) is 0. The highest BCUT2D eigenvalue weighted by Crippen LogP contribution is 2.44. The van der Waals surface area contributed by atoms with E-state index in [1.165, 1.54) is 15.7 Å². The van der Waals surface area contributed by atoms with Crippen molar-refractivity contribution in [3.05, 3.63) is 97.1 Å². The van der Waals surface area contributed by atoms with Gasteiger partial charge in [0.25, 0.3) is 0 Å². The van der Waals surface area contributed by atoms with Gasteiger partial charge in [-0.1, -0.05) is 84.9 Å². The molecular weight excluding hydrogens is 438 g/mol. The molecule has 1 aliphatic rings. The standard InChI is InChI=1S/C28H19N5S/c1-3-9-18(10-4-1)26-30-27(19-11-5-2-6-12-19)32-28(31-26)33-23-14-8-7-13-20(23)21-15-16-22-25(24(21)33)34-17-29-22/h1-16,29H,17H2. The van der Waals surface area contributed by atoms with E-state index in [2.05, 4.69) is 46.3 Å². The molecule has 0 unspecified atom stereocenters. The number of fused-ring (bicyclic) bond motifs is 5. The van der Waals surface area contributed by atoms with Gasteiger partial charge in [0.1, 0.15) is 0 Å². The van der Waals surface area contributed by atoms with Gasteiger partial charge < -0.3 is 5.32 Å². The van der Waals surface area contributed by atoms with Gasteiger partial charge in [-0.05, 0) is 12.1 Å². The van der Waals surface area contributed by atoms with Gasteiger partial charge in [0.2, 0.25) is 5.95 Å². The van der Waals surface area contributed by atoms with Crippen LogP contribution in [0.4, 0.5) is 5.69 Å². The molecule has 0 saturated carbocycles. The number of anilines is 1. The highest BCUT2D eigenvalue weighted by atomic mass is 32.2. The van der Waals surface area contributed by atoms with Crippen molar-refractivity contribution in [3.8, 4) is 28.7 Å². The third-order valence-corrected chi connectivity index (χ3v) is 7.15. The molecule has 0 spiro atoms. The summed E-state index contributed by atoms with van der Waals surface area (Å²) in [6, 6.07) is 33.0. The van der Waals surface area contributed by atoms with E-state index in [0.29, 0.717) is 17.6 Å². The monoisotopic (exact) mass is 457 g/mol. The molecule has 1 aliphatic heterocycles. The Morgan fingerprint density at radius 2 is 1.29 bits per heavy atom. The van der Waals surface area contributed by atoms with Gasteiger partial charge in [-0.15, -0.1) is 11.8 Å². The van der Waals surface area contributed by atoms with Crippen LogP contribution in [-0.4, -0.2) is 25.4 Å². The van der Waals surface area contributed by atoms with Crippen molar-refractivity contribution in [2.24, 2.45) is 0 Å². The van der Waals surface area contributed by atoms with Gasteiger partial charge in [0.05, 0.1) is 27.5 Å². The minimum absolute atomic E-state index is 0.625. The van der Waals surface area contributed by atoms with Crippen LogP contribution >= 0.6 is 11.8 Å². The zero-order valence-corrected chi connectivity index (χ0v) is 19.0. The third-order valence-electron chi connectivity index (χ3n) is 6.16. The maximum Gasteiger partial charge on any atom is 0.238 e. The van der Waals surface area contributed by atoms with Crippen molar-refractivity contribution in [3.63, 3.8) is 0 Å². The smallest absolute Gasteiger partial charge is 0.238 e. The first-order chi connectivity index (χ1) is 16.9. The van der Waals surface area contributed by atoms with Gasteiger partial charge in [-0.2, -0.15) is 9.97 Å². The van der Waals surface area contributed by atoms with Gasteiger partial charge in [0.15, 0.2) is 11.6 Å². The minimum atomic E-state index is 0.625. The summed E-state index contributed by atoms with van der Waals surface area (Å²) >= 11 is 1.82. The second-order valence-electron chi connectivity index (χ2n) is 8.17. The van der Waals surface area contributed by atoms with Gasteiger partial charge in [-0.25, -0.2) is 4.98 Å². The van der Waals surface area contributed by atoms with Crippen LogP contribution < -0.4 is 5.32 Å². The SMILES string of the molecule is c1ccc(-c2nc(-c3ccccc3)nc(-n3c4ccccc4c4ccc5c(c43)SCN5)n2)cc1. The Kier molecular flexibility index (Phi) is 4.38. The van der Waals surface area contributed by atoms with E-state index in [4.69, 9.17) is 15.0 Å². The van der Waals surface area contributed by atoms with E-state index in [1.54, 1.807) is 0 Å². The molecule has 2 aromatic heterocycles. The molecule has 1 N–H and O–H groups in total. The van der Waals surface area contributed by atoms with Crippen molar-refractivity contribution in [1.82, 2.24) is 19.5 Å². The molecule has 0 bridgehead atoms. The highest BCUT2D eigenvalue weighted by Gasteiger charge is 2.23. The fourth-order valence-corrected chi connectivity index (χ4v) is 5.61. The molecule has 3 heterocycles. The molecule has 34 heavy (non-hydrogen) atoms. The van der Waals surface area contributed by atoms with Crippen LogP contribution in [0.3, 0.4) is 0 Å². The van der Waals surface area contributed by atoms with Gasteiger partial charge in [0, 0.05) is 21.9 Å². The van der Waals surface area contributed by atoms with Crippen LogP contribution in [-0.2, 0) is 0 Å². The number of para-hydroxylation sites is 1. The van der Waals surface area contributed by atoms with E-state index < -0.39 is 0 Å². The molecule has 6 aromatic rings. The topological polar surface area (TPSA) is 55.6 Å². The number of nitrogens with one attached hydrogen (secondary N) is 1. The minimum Gasteiger partial charge on any atom is -0.375 e. The van der Waals surface area contributed by atoms with Crippen LogP contribution in [0, 0.1) is 0 Å². The molecule has 0 amide bonds. The number of hydrogen-bond donors (Lipinski definition) is 1. The van der Waals surface area contributed by atoms with Crippen LogP contribution in [0.1, 0.15) is 0 Å². The molecule has 0 fully saturated rings. The predicted octanol–water partition coefficient (Wildman–Crippen LogP) is 6.78. The second-order valence-corrected chi connectivity index (χ2v) is 9.16. The van der Waals surface area contributed by atoms with Gasteiger partial charge in [-0.3, -0.25) is 4.57 Å². The Labute approximate surface area is 200 Å². The number of benzene rings is 4. The van der Waals surface area contributed by atoms with Crippen molar-refractivity contribution >= 4 is 39.3 Å². The normalized spacial score (nSPS) is 12.7. The molecule has 0 atom stereocenters. The lowest BCUT2D eigenvalue weighted by Gasteiger charge is -2.12. The summed E-state index contributed by atoms with van der Waals surface area (Å²) in [4.78, 5) is 16.1. The lowest BCUT2D eigenvalue weighted by atomic mass is 10.1. The Hall–Kier alpha value is -4.16. The maximum atomic E-state index is 5.01. The largest absolute Gasteiger partial charge is 0.375 e. The molecule has 6 heteroatoms. The summed E-state index contributed by atoms with van der Waals surface area (Å²) in [5.74, 6) is 2.81. The molecule has 0 saturated heterocycles. The van der Waals surface area contributed by atoms with Crippen molar-refractivity contribution in [2.75, 3.05) is 11.2 Å². The fourth-order valence-electron chi connectivity index (χ4n) is 4.60. The first-order valence-corrected chi connectivity index (χ1v) is 12.2. The average Bonchev–Trinajstić information content (AvgIpc) is 3.52. The van der Waals surface area contributed by atoms with Crippen LogP contribution in [0.5, 0.6) is 0 Å². The third kappa shape index (κ3) is 2.99. The Bertz CT molecular complexity index is 1620. The summed E-state index contributed by atoms with van der Waals surface area (Å²) < 4.78 is 2.20. The van der Waals surface area contributed by atoms with Crippen molar-refractivity contribution in [2.45, 2.75) is 4.90 Å². The number of thioether (sulfide) groups is 1.